The molecule has 106 valence electrons. The maximum atomic E-state index is 12.5. The molecular formula is C17H15NO3. The van der Waals surface area contributed by atoms with Crippen LogP contribution >= 0.6 is 0 Å². The molecule has 0 aromatic heterocycles. The van der Waals surface area contributed by atoms with Gasteiger partial charge in [0.05, 0.1) is 16.8 Å². The number of amides is 2. The molecule has 1 N–H and O–H groups in total. The van der Waals surface area contributed by atoms with Gasteiger partial charge in [-0.25, -0.2) is 4.90 Å². The van der Waals surface area contributed by atoms with Gasteiger partial charge < -0.3 is 5.11 Å². The molecule has 0 aliphatic carbocycles. The summed E-state index contributed by atoms with van der Waals surface area (Å²) in [7, 11) is 0. The van der Waals surface area contributed by atoms with E-state index in [9.17, 15) is 14.7 Å². The number of phenols is 1. The first-order valence-electron chi connectivity index (χ1n) is 6.93. The van der Waals surface area contributed by atoms with E-state index in [1.54, 1.807) is 6.07 Å². The minimum Gasteiger partial charge on any atom is -0.508 e. The number of anilines is 1. The van der Waals surface area contributed by atoms with Crippen molar-refractivity contribution >= 4 is 17.5 Å². The summed E-state index contributed by atoms with van der Waals surface area (Å²) >= 11 is 0. The second-order valence-corrected chi connectivity index (χ2v) is 5.05. The fraction of sp³-hybridized carbons (Fsp3) is 0.176. The van der Waals surface area contributed by atoms with Gasteiger partial charge in [-0.3, -0.25) is 9.59 Å². The average molecular weight is 281 g/mol. The SMILES string of the molecule is CCCc1ccccc1N1C(=O)c2ccc(O)cc2C1=O. The summed E-state index contributed by atoms with van der Waals surface area (Å²) < 4.78 is 0. The van der Waals surface area contributed by atoms with Crippen LogP contribution in [0.25, 0.3) is 0 Å². The quantitative estimate of drug-likeness (QED) is 0.879. The van der Waals surface area contributed by atoms with Crippen LogP contribution in [-0.2, 0) is 6.42 Å². The lowest BCUT2D eigenvalue weighted by molar-refractivity contribution is 0.0925. The summed E-state index contributed by atoms with van der Waals surface area (Å²) in [5.74, 6) is -0.730. The molecule has 0 unspecified atom stereocenters. The first-order valence-corrected chi connectivity index (χ1v) is 6.93. The standard InChI is InChI=1S/C17H15NO3/c1-2-5-11-6-3-4-7-15(11)18-16(20)13-9-8-12(19)10-14(13)17(18)21/h3-4,6-10,19H,2,5H2,1H3. The summed E-state index contributed by atoms with van der Waals surface area (Å²) in [6.07, 6.45) is 1.73. The molecular weight excluding hydrogens is 266 g/mol. The lowest BCUT2D eigenvalue weighted by Gasteiger charge is -2.17. The van der Waals surface area contributed by atoms with Gasteiger partial charge in [0.1, 0.15) is 5.75 Å². The smallest absolute Gasteiger partial charge is 0.266 e. The third kappa shape index (κ3) is 2.09. The highest BCUT2D eigenvalue weighted by molar-refractivity contribution is 6.34. The van der Waals surface area contributed by atoms with Gasteiger partial charge in [0.2, 0.25) is 0 Å². The monoisotopic (exact) mass is 281 g/mol. The number of aryl methyl sites for hydroxylation is 1. The molecule has 1 heterocycles. The predicted molar refractivity (Wildman–Crippen MR) is 79.7 cm³/mol. The number of hydrogen-bond donors (Lipinski definition) is 1. The van der Waals surface area contributed by atoms with Gasteiger partial charge in [0, 0.05) is 0 Å². The number of benzene rings is 2. The van der Waals surface area contributed by atoms with Crippen LogP contribution in [0.2, 0.25) is 0 Å². The molecule has 1 aliphatic rings. The Morgan fingerprint density at radius 1 is 1.00 bits per heavy atom. The summed E-state index contributed by atoms with van der Waals surface area (Å²) in [5.41, 5.74) is 2.19. The van der Waals surface area contributed by atoms with Crippen LogP contribution in [-0.4, -0.2) is 16.9 Å². The zero-order chi connectivity index (χ0) is 15.0. The van der Waals surface area contributed by atoms with E-state index in [2.05, 4.69) is 6.92 Å². The van der Waals surface area contributed by atoms with Crippen LogP contribution in [0.1, 0.15) is 39.6 Å². The molecule has 1 aliphatic heterocycles. The van der Waals surface area contributed by atoms with Crippen LogP contribution in [0.5, 0.6) is 5.75 Å². The van der Waals surface area contributed by atoms with Gasteiger partial charge >= 0.3 is 0 Å². The van der Waals surface area contributed by atoms with Crippen LogP contribution in [0.4, 0.5) is 5.69 Å². The molecule has 2 amide bonds. The Morgan fingerprint density at radius 3 is 2.48 bits per heavy atom. The molecule has 0 radical (unpaired) electrons. The summed E-state index contributed by atoms with van der Waals surface area (Å²) in [6, 6.07) is 11.7. The molecule has 2 aromatic rings. The van der Waals surface area contributed by atoms with Gasteiger partial charge in [0.15, 0.2) is 0 Å². The first kappa shape index (κ1) is 13.4. The molecule has 4 heteroatoms. The van der Waals surface area contributed by atoms with Crippen LogP contribution < -0.4 is 4.90 Å². The van der Waals surface area contributed by atoms with E-state index in [1.165, 1.54) is 23.1 Å². The van der Waals surface area contributed by atoms with Gasteiger partial charge in [-0.2, -0.15) is 0 Å². The first-order chi connectivity index (χ1) is 10.1. The Bertz CT molecular complexity index is 737. The van der Waals surface area contributed by atoms with Gasteiger partial charge in [0.25, 0.3) is 11.8 Å². The third-order valence-electron chi connectivity index (χ3n) is 3.62. The van der Waals surface area contributed by atoms with Crippen molar-refractivity contribution in [2.75, 3.05) is 4.90 Å². The minimum atomic E-state index is -0.380. The summed E-state index contributed by atoms with van der Waals surface area (Å²) in [5, 5.41) is 9.51. The van der Waals surface area contributed by atoms with E-state index >= 15 is 0 Å². The highest BCUT2D eigenvalue weighted by atomic mass is 16.3. The van der Waals surface area contributed by atoms with E-state index in [0.717, 1.165) is 18.4 Å². The highest BCUT2D eigenvalue weighted by Crippen LogP contribution is 2.32. The fourth-order valence-electron chi connectivity index (χ4n) is 2.66. The topological polar surface area (TPSA) is 57.6 Å². The number of hydrogen-bond acceptors (Lipinski definition) is 3. The molecule has 0 saturated heterocycles. The zero-order valence-corrected chi connectivity index (χ0v) is 11.7. The van der Waals surface area contributed by atoms with Crippen molar-refractivity contribution in [2.24, 2.45) is 0 Å². The number of phenolic OH excluding ortho intramolecular Hbond substituents is 1. The van der Waals surface area contributed by atoms with Crippen molar-refractivity contribution in [2.45, 2.75) is 19.8 Å². The lowest BCUT2D eigenvalue weighted by atomic mass is 10.1. The molecule has 0 spiro atoms. The Labute approximate surface area is 122 Å². The Morgan fingerprint density at radius 2 is 1.71 bits per heavy atom. The molecule has 0 saturated carbocycles. The number of fused-ring (bicyclic) bond motifs is 1. The molecule has 0 fully saturated rings. The van der Waals surface area contributed by atoms with Crippen molar-refractivity contribution in [1.29, 1.82) is 0 Å². The van der Waals surface area contributed by atoms with Crippen molar-refractivity contribution in [3.63, 3.8) is 0 Å². The van der Waals surface area contributed by atoms with E-state index in [0.29, 0.717) is 11.3 Å². The van der Waals surface area contributed by atoms with Crippen LogP contribution in [0.15, 0.2) is 42.5 Å². The van der Waals surface area contributed by atoms with E-state index < -0.39 is 0 Å². The van der Waals surface area contributed by atoms with Gasteiger partial charge in [-0.05, 0) is 36.2 Å². The van der Waals surface area contributed by atoms with E-state index in [-0.39, 0.29) is 23.1 Å². The maximum Gasteiger partial charge on any atom is 0.266 e. The molecule has 3 rings (SSSR count). The van der Waals surface area contributed by atoms with Crippen molar-refractivity contribution in [1.82, 2.24) is 0 Å². The number of para-hydroxylation sites is 1. The Kier molecular flexibility index (Phi) is 3.22. The third-order valence-corrected chi connectivity index (χ3v) is 3.62. The van der Waals surface area contributed by atoms with Gasteiger partial charge in [-0.15, -0.1) is 0 Å². The van der Waals surface area contributed by atoms with E-state index in [1.807, 2.05) is 18.2 Å². The second kappa shape index (κ2) is 5.05. The molecule has 0 atom stereocenters. The maximum absolute atomic E-state index is 12.5. The Hall–Kier alpha value is -2.62. The number of carbonyl (C=O) groups is 2. The van der Waals surface area contributed by atoms with E-state index in [4.69, 9.17) is 0 Å². The second-order valence-electron chi connectivity index (χ2n) is 5.05. The van der Waals surface area contributed by atoms with Crippen LogP contribution in [0, 0.1) is 0 Å². The van der Waals surface area contributed by atoms with Gasteiger partial charge in [-0.1, -0.05) is 31.5 Å². The predicted octanol–water partition coefficient (Wildman–Crippen LogP) is 3.15. The largest absolute Gasteiger partial charge is 0.508 e. The molecule has 4 nitrogen and oxygen atoms in total. The number of rotatable bonds is 3. The molecule has 2 aromatic carbocycles. The fourth-order valence-corrected chi connectivity index (χ4v) is 2.66. The van der Waals surface area contributed by atoms with Crippen molar-refractivity contribution < 1.29 is 14.7 Å². The normalized spacial score (nSPS) is 13.7. The zero-order valence-electron chi connectivity index (χ0n) is 11.7. The minimum absolute atomic E-state index is 0.0152. The number of carbonyl (C=O) groups excluding carboxylic acids is 2. The summed E-state index contributed by atoms with van der Waals surface area (Å²) in [4.78, 5) is 26.2. The van der Waals surface area contributed by atoms with Crippen molar-refractivity contribution in [3.8, 4) is 5.75 Å². The Balaban J connectivity index is 2.10. The van der Waals surface area contributed by atoms with Crippen molar-refractivity contribution in [3.05, 3.63) is 59.2 Å². The highest BCUT2D eigenvalue weighted by Gasteiger charge is 2.37. The number of imide groups is 1. The molecule has 0 bridgehead atoms. The average Bonchev–Trinajstić information content (AvgIpc) is 2.72. The van der Waals surface area contributed by atoms with Crippen LogP contribution in [0.3, 0.4) is 0 Å². The lowest BCUT2D eigenvalue weighted by Crippen LogP contribution is -2.30. The number of nitrogens with zero attached hydrogens (tertiary/aromatic N) is 1. The summed E-state index contributed by atoms with van der Waals surface area (Å²) in [6.45, 7) is 2.05. The number of aromatic hydroxyl groups is 1. The molecule has 21 heavy (non-hydrogen) atoms.